The van der Waals surface area contributed by atoms with E-state index in [-0.39, 0.29) is 0 Å². The average Bonchev–Trinajstić information content (AvgIpc) is 3.09. The zero-order valence-electron chi connectivity index (χ0n) is 9.16. The van der Waals surface area contributed by atoms with Gasteiger partial charge in [0.05, 0.1) is 10.4 Å². The van der Waals surface area contributed by atoms with E-state index in [1.54, 1.807) is 23.5 Å². The summed E-state index contributed by atoms with van der Waals surface area (Å²) in [6, 6.07) is 9.39. The first-order valence-electron chi connectivity index (χ1n) is 5.19. The Kier molecular flexibility index (Phi) is 2.59. The van der Waals surface area contributed by atoms with E-state index < -0.39 is 0 Å². The Labute approximate surface area is 107 Å². The van der Waals surface area contributed by atoms with Gasteiger partial charge >= 0.3 is 0 Å². The lowest BCUT2D eigenvalue weighted by atomic mass is 10.2. The molecule has 0 fully saturated rings. The number of aromatic amines is 1. The van der Waals surface area contributed by atoms with Crippen LogP contribution in [0.4, 0.5) is 0 Å². The first-order valence-corrected chi connectivity index (χ1v) is 6.07. The molecule has 3 rings (SSSR count). The van der Waals surface area contributed by atoms with Crippen molar-refractivity contribution in [3.05, 3.63) is 41.4 Å². The van der Waals surface area contributed by atoms with Crippen molar-refractivity contribution in [3.63, 3.8) is 0 Å². The number of rotatable bonds is 2. The van der Waals surface area contributed by atoms with Gasteiger partial charge in [0.2, 0.25) is 0 Å². The molecule has 0 radical (unpaired) electrons. The van der Waals surface area contributed by atoms with Gasteiger partial charge in [0.1, 0.15) is 11.8 Å². The van der Waals surface area contributed by atoms with Crippen LogP contribution in [0.2, 0.25) is 0 Å². The van der Waals surface area contributed by atoms with Crippen LogP contribution in [0.3, 0.4) is 0 Å². The second-order valence-corrected chi connectivity index (χ2v) is 4.48. The van der Waals surface area contributed by atoms with Crippen molar-refractivity contribution >= 4 is 11.3 Å². The Bertz CT molecular complexity index is 691. The maximum Gasteiger partial charge on any atom is 0.200 e. The molecule has 0 saturated carbocycles. The molecule has 0 saturated heterocycles. The third-order valence-electron chi connectivity index (χ3n) is 2.36. The molecule has 1 N–H and O–H groups in total. The highest BCUT2D eigenvalue weighted by molar-refractivity contribution is 7.13. The van der Waals surface area contributed by atoms with Crippen LogP contribution in [0.15, 0.2) is 35.8 Å². The zero-order valence-corrected chi connectivity index (χ0v) is 9.98. The van der Waals surface area contributed by atoms with Crippen molar-refractivity contribution in [2.75, 3.05) is 0 Å². The van der Waals surface area contributed by atoms with Crippen molar-refractivity contribution in [3.8, 4) is 28.3 Å². The summed E-state index contributed by atoms with van der Waals surface area (Å²) in [5.41, 5.74) is 1.17. The molecule has 6 heteroatoms. The Hall–Kier alpha value is -2.52. The van der Waals surface area contributed by atoms with Crippen molar-refractivity contribution in [2.24, 2.45) is 0 Å². The minimum atomic E-state index is 0.521. The lowest BCUT2D eigenvalue weighted by molar-refractivity contribution is 1.09. The fourth-order valence-electron chi connectivity index (χ4n) is 1.49. The highest BCUT2D eigenvalue weighted by Crippen LogP contribution is 2.22. The van der Waals surface area contributed by atoms with E-state index in [1.807, 2.05) is 23.6 Å². The second-order valence-electron chi connectivity index (χ2n) is 3.53. The summed E-state index contributed by atoms with van der Waals surface area (Å²) < 4.78 is 0. The number of pyridine rings is 1. The molecule has 3 heterocycles. The Morgan fingerprint density at radius 1 is 1.28 bits per heavy atom. The molecule has 0 aliphatic heterocycles. The smallest absolute Gasteiger partial charge is 0.200 e. The summed E-state index contributed by atoms with van der Waals surface area (Å²) in [5.74, 6) is 1.26. The van der Waals surface area contributed by atoms with Crippen molar-refractivity contribution < 1.29 is 0 Å². The van der Waals surface area contributed by atoms with Crippen LogP contribution < -0.4 is 0 Å². The molecular formula is C12H7N5S. The molecule has 3 aromatic heterocycles. The molecule has 0 aliphatic carbocycles. The van der Waals surface area contributed by atoms with Crippen LogP contribution in [0, 0.1) is 11.3 Å². The molecule has 0 amide bonds. The molecule has 0 unspecified atom stereocenters. The van der Waals surface area contributed by atoms with Gasteiger partial charge in [-0.15, -0.1) is 11.3 Å². The van der Waals surface area contributed by atoms with Crippen LogP contribution in [0.5, 0.6) is 0 Å². The van der Waals surface area contributed by atoms with Gasteiger partial charge in [0.25, 0.3) is 0 Å². The Morgan fingerprint density at radius 2 is 2.22 bits per heavy atom. The highest BCUT2D eigenvalue weighted by Gasteiger charge is 2.09. The van der Waals surface area contributed by atoms with Gasteiger partial charge in [-0.1, -0.05) is 6.07 Å². The van der Waals surface area contributed by atoms with Crippen LogP contribution in [0.1, 0.15) is 5.56 Å². The first-order chi connectivity index (χ1) is 8.86. The van der Waals surface area contributed by atoms with Crippen LogP contribution in [0.25, 0.3) is 22.2 Å². The maximum absolute atomic E-state index is 8.70. The lowest BCUT2D eigenvalue weighted by Gasteiger charge is -1.93. The number of nitrogens with zero attached hydrogens (tertiary/aromatic N) is 4. The minimum absolute atomic E-state index is 0.521. The highest BCUT2D eigenvalue weighted by atomic mass is 32.1. The molecule has 18 heavy (non-hydrogen) atoms. The fourth-order valence-corrected chi connectivity index (χ4v) is 2.16. The standard InChI is InChI=1S/C12H7N5S/c13-6-8-3-4-9(14-7-8)11-15-12(17-16-11)10-2-1-5-18-10/h1-5,7H,(H,15,16,17). The van der Waals surface area contributed by atoms with Gasteiger partial charge in [0.15, 0.2) is 11.6 Å². The summed E-state index contributed by atoms with van der Waals surface area (Å²) in [7, 11) is 0. The topological polar surface area (TPSA) is 78.2 Å². The van der Waals surface area contributed by atoms with E-state index in [0.717, 1.165) is 10.7 Å². The summed E-state index contributed by atoms with van der Waals surface area (Å²) in [6.07, 6.45) is 1.51. The number of nitriles is 1. The number of aromatic nitrogens is 4. The van der Waals surface area contributed by atoms with E-state index in [1.165, 1.54) is 6.20 Å². The minimum Gasteiger partial charge on any atom is -0.258 e. The van der Waals surface area contributed by atoms with Crippen molar-refractivity contribution in [1.29, 1.82) is 5.26 Å². The molecule has 5 nitrogen and oxygen atoms in total. The number of H-pyrrole nitrogens is 1. The average molecular weight is 253 g/mol. The molecule has 0 aliphatic rings. The lowest BCUT2D eigenvalue weighted by Crippen LogP contribution is -1.86. The van der Waals surface area contributed by atoms with E-state index in [0.29, 0.717) is 17.1 Å². The number of hydrogen-bond donors (Lipinski definition) is 1. The van der Waals surface area contributed by atoms with Gasteiger partial charge in [-0.2, -0.15) is 10.4 Å². The quantitative estimate of drug-likeness (QED) is 0.761. The third-order valence-corrected chi connectivity index (χ3v) is 3.24. The third kappa shape index (κ3) is 1.87. The molecule has 0 spiro atoms. The summed E-state index contributed by atoms with van der Waals surface area (Å²) in [4.78, 5) is 9.56. The largest absolute Gasteiger partial charge is 0.258 e. The molecule has 0 bridgehead atoms. The van der Waals surface area contributed by atoms with E-state index in [4.69, 9.17) is 5.26 Å². The van der Waals surface area contributed by atoms with E-state index in [2.05, 4.69) is 20.2 Å². The van der Waals surface area contributed by atoms with Gasteiger partial charge in [0, 0.05) is 6.20 Å². The van der Waals surface area contributed by atoms with Crippen LogP contribution >= 0.6 is 11.3 Å². The molecule has 3 aromatic rings. The number of thiophene rings is 1. The van der Waals surface area contributed by atoms with Gasteiger partial charge in [-0.3, -0.25) is 10.1 Å². The number of hydrogen-bond acceptors (Lipinski definition) is 5. The number of nitrogens with one attached hydrogen (secondary N) is 1. The predicted molar refractivity (Wildman–Crippen MR) is 67.6 cm³/mol. The first kappa shape index (κ1) is 10.6. The van der Waals surface area contributed by atoms with Crippen LogP contribution in [-0.4, -0.2) is 20.2 Å². The molecule has 0 aromatic carbocycles. The van der Waals surface area contributed by atoms with Gasteiger partial charge < -0.3 is 0 Å². The van der Waals surface area contributed by atoms with E-state index >= 15 is 0 Å². The molecule has 0 atom stereocenters. The molecule has 86 valence electrons. The SMILES string of the molecule is N#Cc1ccc(-c2n[nH]c(-c3cccs3)n2)nc1. The maximum atomic E-state index is 8.70. The Morgan fingerprint density at radius 3 is 2.89 bits per heavy atom. The summed E-state index contributed by atoms with van der Waals surface area (Å²) >= 11 is 1.59. The monoisotopic (exact) mass is 253 g/mol. The second kappa shape index (κ2) is 4.39. The summed E-state index contributed by atoms with van der Waals surface area (Å²) in [5, 5.41) is 17.7. The van der Waals surface area contributed by atoms with E-state index in [9.17, 15) is 0 Å². The summed E-state index contributed by atoms with van der Waals surface area (Å²) in [6.45, 7) is 0. The van der Waals surface area contributed by atoms with Crippen LogP contribution in [-0.2, 0) is 0 Å². The zero-order chi connectivity index (χ0) is 12.4. The van der Waals surface area contributed by atoms with Crippen molar-refractivity contribution in [2.45, 2.75) is 0 Å². The predicted octanol–water partition coefficient (Wildman–Crippen LogP) is 2.47. The Balaban J connectivity index is 1.95. The molecular weight excluding hydrogens is 246 g/mol. The normalized spacial score (nSPS) is 10.2. The van der Waals surface area contributed by atoms with Crippen molar-refractivity contribution in [1.82, 2.24) is 20.2 Å². The fraction of sp³-hybridized carbons (Fsp3) is 0. The van der Waals surface area contributed by atoms with Gasteiger partial charge in [-0.05, 0) is 23.6 Å². The van der Waals surface area contributed by atoms with Gasteiger partial charge in [-0.25, -0.2) is 4.98 Å².